The lowest BCUT2D eigenvalue weighted by atomic mass is 10.1. The number of methoxy groups -OCH3 is 1. The summed E-state index contributed by atoms with van der Waals surface area (Å²) in [6.45, 7) is 6.87. The summed E-state index contributed by atoms with van der Waals surface area (Å²) in [4.78, 5) is 19.6. The number of benzene rings is 1. The highest BCUT2D eigenvalue weighted by molar-refractivity contribution is 5.99. The number of nitrogens with one attached hydrogen (secondary N) is 1. The zero-order valence-electron chi connectivity index (χ0n) is 17.8. The number of aromatic hydroxyl groups is 1. The zero-order chi connectivity index (χ0) is 21.8. The fourth-order valence-corrected chi connectivity index (χ4v) is 3.86. The second-order valence-corrected chi connectivity index (χ2v) is 7.52. The number of hydrogen-bond donors (Lipinski definition) is 2. The third kappa shape index (κ3) is 4.47. The second-order valence-electron chi connectivity index (χ2n) is 7.52. The molecule has 1 fully saturated rings. The number of phenolic OH excluding ortho intramolecular Hbond substituents is 1. The van der Waals surface area contributed by atoms with Gasteiger partial charge < -0.3 is 19.9 Å². The number of aromatic nitrogens is 3. The highest BCUT2D eigenvalue weighted by atomic mass is 16.5. The minimum atomic E-state index is -0.131. The van der Waals surface area contributed by atoms with Crippen molar-refractivity contribution in [3.05, 3.63) is 41.9 Å². The minimum Gasteiger partial charge on any atom is -0.504 e. The summed E-state index contributed by atoms with van der Waals surface area (Å²) in [5.74, 6) is 0.283. The first-order chi connectivity index (χ1) is 15.1. The number of phenols is 1. The average molecular weight is 425 g/mol. The fourth-order valence-electron chi connectivity index (χ4n) is 3.86. The summed E-state index contributed by atoms with van der Waals surface area (Å²) in [7, 11) is 1.50. The predicted octanol–water partition coefficient (Wildman–Crippen LogP) is 1.87. The molecule has 1 saturated heterocycles. The smallest absolute Gasteiger partial charge is 0.253 e. The van der Waals surface area contributed by atoms with Crippen LogP contribution >= 0.6 is 0 Å². The molecule has 2 aromatic heterocycles. The van der Waals surface area contributed by atoms with Crippen LogP contribution in [0, 0.1) is 6.92 Å². The molecule has 0 aliphatic carbocycles. The molecule has 164 valence electrons. The molecule has 1 amide bonds. The van der Waals surface area contributed by atoms with Crippen LogP contribution in [-0.2, 0) is 4.74 Å². The molecule has 3 heterocycles. The van der Waals surface area contributed by atoms with Crippen LogP contribution < -0.4 is 10.1 Å². The van der Waals surface area contributed by atoms with E-state index in [9.17, 15) is 9.90 Å². The van der Waals surface area contributed by atoms with Crippen LogP contribution in [-0.4, -0.2) is 77.0 Å². The van der Waals surface area contributed by atoms with E-state index in [1.165, 1.54) is 13.4 Å². The van der Waals surface area contributed by atoms with Gasteiger partial charge in [0, 0.05) is 31.4 Å². The maximum absolute atomic E-state index is 12.8. The van der Waals surface area contributed by atoms with E-state index in [0.717, 1.165) is 50.3 Å². The van der Waals surface area contributed by atoms with E-state index in [1.54, 1.807) is 22.8 Å². The number of amides is 1. The summed E-state index contributed by atoms with van der Waals surface area (Å²) in [5.41, 5.74) is 3.43. The topological polar surface area (TPSA) is 101 Å². The molecular formula is C22H27N5O4. The van der Waals surface area contributed by atoms with E-state index >= 15 is 0 Å². The number of carbonyl (C=O) groups excluding carboxylic acids is 1. The van der Waals surface area contributed by atoms with Crippen molar-refractivity contribution < 1.29 is 19.4 Å². The summed E-state index contributed by atoms with van der Waals surface area (Å²) in [5, 5.41) is 17.4. The van der Waals surface area contributed by atoms with E-state index in [-0.39, 0.29) is 11.7 Å². The van der Waals surface area contributed by atoms with E-state index in [2.05, 4.69) is 20.3 Å². The van der Waals surface area contributed by atoms with Gasteiger partial charge in [-0.15, -0.1) is 0 Å². The van der Waals surface area contributed by atoms with Crippen LogP contribution in [0.3, 0.4) is 0 Å². The molecule has 9 nitrogen and oxygen atoms in total. The summed E-state index contributed by atoms with van der Waals surface area (Å²) < 4.78 is 12.1. The first kappa shape index (κ1) is 21.1. The van der Waals surface area contributed by atoms with Crippen molar-refractivity contribution in [2.75, 3.05) is 46.5 Å². The average Bonchev–Trinajstić information content (AvgIpc) is 3.14. The van der Waals surface area contributed by atoms with E-state index in [1.807, 2.05) is 13.0 Å². The van der Waals surface area contributed by atoms with Gasteiger partial charge in [0.15, 0.2) is 11.5 Å². The van der Waals surface area contributed by atoms with Gasteiger partial charge in [-0.1, -0.05) is 0 Å². The third-order valence-corrected chi connectivity index (χ3v) is 5.56. The SMILES string of the molecule is COc1ccc(-c2ncnn3cc(C(=O)NCCCN4CCOCC4)c(C)c23)cc1O. The highest BCUT2D eigenvalue weighted by Gasteiger charge is 2.19. The number of fused-ring (bicyclic) bond motifs is 1. The number of morpholine rings is 1. The minimum absolute atomic E-state index is 0.0270. The van der Waals surface area contributed by atoms with Crippen molar-refractivity contribution in [1.29, 1.82) is 0 Å². The lowest BCUT2D eigenvalue weighted by Gasteiger charge is -2.26. The first-order valence-electron chi connectivity index (χ1n) is 10.4. The monoisotopic (exact) mass is 425 g/mol. The third-order valence-electron chi connectivity index (χ3n) is 5.56. The van der Waals surface area contributed by atoms with Gasteiger partial charge in [0.1, 0.15) is 6.33 Å². The van der Waals surface area contributed by atoms with Crippen LogP contribution in [0.4, 0.5) is 0 Å². The molecule has 0 atom stereocenters. The van der Waals surface area contributed by atoms with Crippen molar-refractivity contribution in [3.63, 3.8) is 0 Å². The molecule has 1 aliphatic heterocycles. The van der Waals surface area contributed by atoms with E-state index in [4.69, 9.17) is 9.47 Å². The number of rotatable bonds is 7. The molecule has 0 bridgehead atoms. The number of nitrogens with zero attached hydrogens (tertiary/aromatic N) is 4. The van der Waals surface area contributed by atoms with E-state index < -0.39 is 0 Å². The second kappa shape index (κ2) is 9.32. The van der Waals surface area contributed by atoms with Crippen molar-refractivity contribution in [2.45, 2.75) is 13.3 Å². The Hall–Kier alpha value is -3.17. The Labute approximate surface area is 180 Å². The fraction of sp³-hybridized carbons (Fsp3) is 0.409. The predicted molar refractivity (Wildman–Crippen MR) is 116 cm³/mol. The molecule has 3 aromatic rings. The van der Waals surface area contributed by atoms with Crippen molar-refractivity contribution >= 4 is 11.4 Å². The Morgan fingerprint density at radius 1 is 1.32 bits per heavy atom. The van der Waals surface area contributed by atoms with Gasteiger partial charge in [0.2, 0.25) is 0 Å². The Balaban J connectivity index is 1.50. The van der Waals surface area contributed by atoms with Gasteiger partial charge in [-0.2, -0.15) is 5.10 Å². The van der Waals surface area contributed by atoms with Gasteiger partial charge in [0.05, 0.1) is 37.1 Å². The quantitative estimate of drug-likeness (QED) is 0.557. The Kier molecular flexibility index (Phi) is 6.34. The highest BCUT2D eigenvalue weighted by Crippen LogP contribution is 2.33. The van der Waals surface area contributed by atoms with Crippen molar-refractivity contribution in [2.24, 2.45) is 0 Å². The zero-order valence-corrected chi connectivity index (χ0v) is 17.8. The molecule has 0 saturated carbocycles. The lowest BCUT2D eigenvalue weighted by Crippen LogP contribution is -2.38. The molecule has 4 rings (SSSR count). The molecule has 1 aromatic carbocycles. The largest absolute Gasteiger partial charge is 0.504 e. The Bertz CT molecular complexity index is 1080. The van der Waals surface area contributed by atoms with Crippen LogP contribution in [0.2, 0.25) is 0 Å². The van der Waals surface area contributed by atoms with Crippen LogP contribution in [0.1, 0.15) is 22.3 Å². The summed E-state index contributed by atoms with van der Waals surface area (Å²) in [6.07, 6.45) is 4.04. The van der Waals surface area contributed by atoms with Crippen LogP contribution in [0.25, 0.3) is 16.8 Å². The normalized spacial score (nSPS) is 14.6. The van der Waals surface area contributed by atoms with Crippen LogP contribution in [0.15, 0.2) is 30.7 Å². The molecule has 0 unspecified atom stereocenters. The molecule has 2 N–H and O–H groups in total. The Morgan fingerprint density at radius 3 is 2.87 bits per heavy atom. The number of carbonyl (C=O) groups is 1. The van der Waals surface area contributed by atoms with Gasteiger partial charge in [-0.3, -0.25) is 9.69 Å². The number of aryl methyl sites for hydroxylation is 1. The van der Waals surface area contributed by atoms with Gasteiger partial charge in [-0.25, -0.2) is 9.50 Å². The lowest BCUT2D eigenvalue weighted by molar-refractivity contribution is 0.0374. The van der Waals surface area contributed by atoms with Gasteiger partial charge in [0.25, 0.3) is 5.91 Å². The molecule has 0 spiro atoms. The molecule has 0 radical (unpaired) electrons. The Morgan fingerprint density at radius 2 is 2.13 bits per heavy atom. The molecular weight excluding hydrogens is 398 g/mol. The molecule has 31 heavy (non-hydrogen) atoms. The summed E-state index contributed by atoms with van der Waals surface area (Å²) in [6, 6.07) is 5.10. The maximum Gasteiger partial charge on any atom is 0.253 e. The van der Waals surface area contributed by atoms with Crippen molar-refractivity contribution in [1.82, 2.24) is 24.8 Å². The number of hydrogen-bond acceptors (Lipinski definition) is 7. The van der Waals surface area contributed by atoms with Crippen molar-refractivity contribution in [3.8, 4) is 22.8 Å². The van der Waals surface area contributed by atoms with E-state index in [0.29, 0.717) is 29.1 Å². The standard InChI is InChI=1S/C22H27N5O4/c1-15-17(22(29)23-6-3-7-26-8-10-31-11-9-26)13-27-21(15)20(24-14-25-27)16-4-5-19(30-2)18(28)12-16/h4-5,12-14,28H,3,6-11H2,1-2H3,(H,23,29). The first-order valence-corrected chi connectivity index (χ1v) is 10.4. The molecule has 9 heteroatoms. The van der Waals surface area contributed by atoms with Crippen LogP contribution in [0.5, 0.6) is 11.5 Å². The van der Waals surface area contributed by atoms with Gasteiger partial charge >= 0.3 is 0 Å². The maximum atomic E-state index is 12.8. The summed E-state index contributed by atoms with van der Waals surface area (Å²) >= 11 is 0. The van der Waals surface area contributed by atoms with Gasteiger partial charge in [-0.05, 0) is 43.7 Å². The number of ether oxygens (including phenoxy) is 2. The molecule has 1 aliphatic rings.